The number of morpholine rings is 1. The number of amides is 1. The summed E-state index contributed by atoms with van der Waals surface area (Å²) in [6, 6.07) is 6.47. The summed E-state index contributed by atoms with van der Waals surface area (Å²) in [5.74, 6) is -0.135. The minimum absolute atomic E-state index is 0.0286. The van der Waals surface area contributed by atoms with E-state index in [0.717, 1.165) is 19.4 Å². The number of benzene rings is 1. The van der Waals surface area contributed by atoms with Crippen LogP contribution in [0.4, 0.5) is 4.39 Å². The third kappa shape index (κ3) is 3.92. The Balaban J connectivity index is 1.63. The van der Waals surface area contributed by atoms with Gasteiger partial charge in [-0.05, 0) is 37.6 Å². The summed E-state index contributed by atoms with van der Waals surface area (Å²) in [4.78, 5) is 16.6. The highest BCUT2D eigenvalue weighted by Gasteiger charge is 2.30. The van der Waals surface area contributed by atoms with Crippen molar-refractivity contribution in [1.29, 1.82) is 5.26 Å². The summed E-state index contributed by atoms with van der Waals surface area (Å²) in [5, 5.41) is 8.97. The first-order valence-electron chi connectivity index (χ1n) is 8.45. The van der Waals surface area contributed by atoms with E-state index in [1.807, 2.05) is 11.0 Å². The van der Waals surface area contributed by atoms with E-state index in [4.69, 9.17) is 10.00 Å². The first-order valence-corrected chi connectivity index (χ1v) is 8.45. The van der Waals surface area contributed by atoms with Gasteiger partial charge in [0.25, 0.3) is 0 Å². The van der Waals surface area contributed by atoms with E-state index in [1.165, 1.54) is 12.1 Å². The number of halogens is 1. The fourth-order valence-corrected chi connectivity index (χ4v) is 3.45. The first kappa shape index (κ1) is 16.9. The van der Waals surface area contributed by atoms with E-state index < -0.39 is 0 Å². The van der Waals surface area contributed by atoms with Gasteiger partial charge in [-0.3, -0.25) is 9.69 Å². The van der Waals surface area contributed by atoms with Crippen molar-refractivity contribution < 1.29 is 13.9 Å². The van der Waals surface area contributed by atoms with Gasteiger partial charge in [0.1, 0.15) is 5.82 Å². The Hall–Kier alpha value is -1.97. The molecule has 128 valence electrons. The Bertz CT molecular complexity index is 638. The van der Waals surface area contributed by atoms with Crippen molar-refractivity contribution in [2.24, 2.45) is 5.92 Å². The highest BCUT2D eigenvalue weighted by atomic mass is 19.1. The van der Waals surface area contributed by atoms with Crippen LogP contribution in [-0.2, 0) is 16.1 Å². The molecular weight excluding hydrogens is 309 g/mol. The van der Waals surface area contributed by atoms with Crippen LogP contribution in [0.25, 0.3) is 0 Å². The topological polar surface area (TPSA) is 56.6 Å². The number of rotatable bonds is 3. The summed E-state index contributed by atoms with van der Waals surface area (Å²) in [6.07, 6.45) is 1.81. The zero-order valence-corrected chi connectivity index (χ0v) is 13.7. The highest BCUT2D eigenvalue weighted by molar-refractivity contribution is 5.79. The number of likely N-dealkylation sites (tertiary alicyclic amines) is 1. The number of carbonyl (C=O) groups is 1. The molecule has 0 bridgehead atoms. The fourth-order valence-electron chi connectivity index (χ4n) is 3.45. The van der Waals surface area contributed by atoms with Crippen LogP contribution < -0.4 is 0 Å². The molecule has 0 saturated carbocycles. The number of nitriles is 1. The molecule has 2 fully saturated rings. The maximum Gasteiger partial charge on any atom is 0.227 e. The number of ether oxygens (including phenoxy) is 1. The van der Waals surface area contributed by atoms with Crippen molar-refractivity contribution in [2.45, 2.75) is 19.4 Å². The van der Waals surface area contributed by atoms with Crippen LogP contribution in [0, 0.1) is 23.1 Å². The molecule has 2 heterocycles. The lowest BCUT2D eigenvalue weighted by molar-refractivity contribution is -0.141. The van der Waals surface area contributed by atoms with Gasteiger partial charge in [-0.2, -0.15) is 5.26 Å². The van der Waals surface area contributed by atoms with Gasteiger partial charge in [-0.25, -0.2) is 4.39 Å². The predicted octanol–water partition coefficient (Wildman–Crippen LogP) is 1.77. The molecule has 1 amide bonds. The van der Waals surface area contributed by atoms with E-state index in [9.17, 15) is 9.18 Å². The number of piperidine rings is 1. The van der Waals surface area contributed by atoms with E-state index in [1.54, 1.807) is 6.07 Å². The third-order valence-electron chi connectivity index (χ3n) is 4.75. The van der Waals surface area contributed by atoms with Gasteiger partial charge in [0.2, 0.25) is 5.91 Å². The number of nitrogens with zero attached hydrogens (tertiary/aromatic N) is 3. The number of hydrogen-bond donors (Lipinski definition) is 0. The maximum atomic E-state index is 14.0. The van der Waals surface area contributed by atoms with Gasteiger partial charge < -0.3 is 9.64 Å². The van der Waals surface area contributed by atoms with Gasteiger partial charge in [0.15, 0.2) is 0 Å². The monoisotopic (exact) mass is 331 g/mol. The molecule has 24 heavy (non-hydrogen) atoms. The molecule has 1 aromatic carbocycles. The van der Waals surface area contributed by atoms with Gasteiger partial charge in [-0.15, -0.1) is 0 Å². The molecule has 2 saturated heterocycles. The average Bonchev–Trinajstić information content (AvgIpc) is 2.64. The summed E-state index contributed by atoms with van der Waals surface area (Å²) in [6.45, 7) is 4.47. The lowest BCUT2D eigenvalue weighted by Crippen LogP contribution is -2.48. The molecule has 0 N–H and O–H groups in total. The van der Waals surface area contributed by atoms with Crippen LogP contribution in [-0.4, -0.2) is 55.1 Å². The Labute approximate surface area is 141 Å². The summed E-state index contributed by atoms with van der Waals surface area (Å²) in [5.41, 5.74) is 0.984. The normalized spacial score (nSPS) is 22.2. The highest BCUT2D eigenvalue weighted by Crippen LogP contribution is 2.22. The van der Waals surface area contributed by atoms with Gasteiger partial charge >= 0.3 is 0 Å². The van der Waals surface area contributed by atoms with E-state index in [-0.39, 0.29) is 17.6 Å². The minimum Gasteiger partial charge on any atom is -0.378 e. The standard InChI is InChI=1S/C18H22FN3O2/c19-17-4-3-14(11-20)10-16(17)13-21-5-1-2-15(12-21)18(23)22-6-8-24-9-7-22/h3-4,10,15H,1-2,5-9,12-13H2. The Morgan fingerprint density at radius 1 is 1.33 bits per heavy atom. The second-order valence-corrected chi connectivity index (χ2v) is 6.43. The fraction of sp³-hybridized carbons (Fsp3) is 0.556. The Kier molecular flexibility index (Phi) is 5.44. The molecule has 1 unspecified atom stereocenters. The zero-order valence-electron chi connectivity index (χ0n) is 13.7. The van der Waals surface area contributed by atoms with Crippen LogP contribution in [0.3, 0.4) is 0 Å². The van der Waals surface area contributed by atoms with Crippen molar-refractivity contribution in [3.63, 3.8) is 0 Å². The third-order valence-corrected chi connectivity index (χ3v) is 4.75. The van der Waals surface area contributed by atoms with Crippen molar-refractivity contribution >= 4 is 5.91 Å². The molecule has 0 aromatic heterocycles. The summed E-state index contributed by atoms with van der Waals surface area (Å²) in [7, 11) is 0. The van der Waals surface area contributed by atoms with Crippen LogP contribution in [0.1, 0.15) is 24.0 Å². The van der Waals surface area contributed by atoms with Crippen molar-refractivity contribution in [1.82, 2.24) is 9.80 Å². The predicted molar refractivity (Wildman–Crippen MR) is 86.5 cm³/mol. The molecule has 1 aromatic rings. The molecule has 3 rings (SSSR count). The summed E-state index contributed by atoms with van der Waals surface area (Å²) < 4.78 is 19.3. The van der Waals surface area contributed by atoms with Crippen molar-refractivity contribution in [2.75, 3.05) is 39.4 Å². The lowest BCUT2D eigenvalue weighted by atomic mass is 9.95. The van der Waals surface area contributed by atoms with Crippen LogP contribution in [0.2, 0.25) is 0 Å². The first-order chi connectivity index (χ1) is 11.7. The SMILES string of the molecule is N#Cc1ccc(F)c(CN2CCCC(C(=O)N3CCOCC3)C2)c1. The molecule has 0 spiro atoms. The molecule has 2 aliphatic rings. The van der Waals surface area contributed by atoms with Gasteiger partial charge in [0.05, 0.1) is 30.8 Å². The maximum absolute atomic E-state index is 14.0. The zero-order chi connectivity index (χ0) is 16.9. The number of hydrogen-bond acceptors (Lipinski definition) is 4. The summed E-state index contributed by atoms with van der Waals surface area (Å²) >= 11 is 0. The largest absolute Gasteiger partial charge is 0.378 e. The van der Waals surface area contributed by atoms with Crippen LogP contribution in [0.5, 0.6) is 0 Å². The van der Waals surface area contributed by atoms with E-state index in [2.05, 4.69) is 4.90 Å². The van der Waals surface area contributed by atoms with E-state index >= 15 is 0 Å². The Morgan fingerprint density at radius 3 is 2.88 bits per heavy atom. The van der Waals surface area contributed by atoms with Crippen molar-refractivity contribution in [3.8, 4) is 6.07 Å². The van der Waals surface area contributed by atoms with Crippen LogP contribution in [0.15, 0.2) is 18.2 Å². The molecule has 2 aliphatic heterocycles. The minimum atomic E-state index is -0.296. The smallest absolute Gasteiger partial charge is 0.227 e. The molecule has 6 heteroatoms. The molecule has 0 radical (unpaired) electrons. The Morgan fingerprint density at radius 2 is 2.12 bits per heavy atom. The quantitative estimate of drug-likeness (QED) is 0.847. The second kappa shape index (κ2) is 7.73. The molecule has 1 atom stereocenters. The van der Waals surface area contributed by atoms with E-state index in [0.29, 0.717) is 50.5 Å². The van der Waals surface area contributed by atoms with Gasteiger partial charge in [0, 0.05) is 31.7 Å². The number of carbonyl (C=O) groups excluding carboxylic acids is 1. The second-order valence-electron chi connectivity index (χ2n) is 6.43. The van der Waals surface area contributed by atoms with Crippen molar-refractivity contribution in [3.05, 3.63) is 35.1 Å². The van der Waals surface area contributed by atoms with Crippen LogP contribution >= 0.6 is 0 Å². The molecular formula is C18H22FN3O2. The molecule has 5 nitrogen and oxygen atoms in total. The lowest BCUT2D eigenvalue weighted by Gasteiger charge is -2.36. The average molecular weight is 331 g/mol. The van der Waals surface area contributed by atoms with Gasteiger partial charge in [-0.1, -0.05) is 0 Å². The molecule has 0 aliphatic carbocycles.